The second-order valence-corrected chi connectivity index (χ2v) is 7.19. The first-order valence-electron chi connectivity index (χ1n) is 6.12. The molecule has 1 saturated heterocycles. The first-order valence-corrected chi connectivity index (χ1v) is 7.56. The van der Waals surface area contributed by atoms with E-state index in [1.807, 2.05) is 0 Å². The summed E-state index contributed by atoms with van der Waals surface area (Å²) in [5, 5.41) is 0. The van der Waals surface area contributed by atoms with Crippen LogP contribution in [0.25, 0.3) is 0 Å². The molecule has 0 bridgehead atoms. The molecule has 1 aliphatic heterocycles. The monoisotopic (exact) mass is 278 g/mol. The topological polar surface area (TPSA) is 75.7 Å². The molecule has 0 aromatic rings. The van der Waals surface area contributed by atoms with Gasteiger partial charge in [0.15, 0.2) is 0 Å². The van der Waals surface area contributed by atoms with E-state index < -0.39 is 27.8 Å². The third-order valence-corrected chi connectivity index (χ3v) is 4.19. The molecular formula is C11H22N2O4S. The molecule has 7 heteroatoms. The number of carbonyl (C=O) groups is 1. The van der Waals surface area contributed by atoms with E-state index in [9.17, 15) is 13.2 Å². The van der Waals surface area contributed by atoms with Crippen LogP contribution in [0, 0.1) is 0 Å². The third-order valence-electron chi connectivity index (χ3n) is 2.49. The minimum atomic E-state index is -3.58. The second-order valence-electron chi connectivity index (χ2n) is 5.48. The minimum absolute atomic E-state index is 0.510. The number of carbonyl (C=O) groups excluding carboxylic acids is 1. The molecule has 1 heterocycles. The first kappa shape index (κ1) is 15.4. The predicted octanol–water partition coefficient (Wildman–Crippen LogP) is 0.647. The van der Waals surface area contributed by atoms with Gasteiger partial charge in [-0.1, -0.05) is 0 Å². The summed E-state index contributed by atoms with van der Waals surface area (Å²) in [5.74, 6) is -0.565. The fraction of sp³-hybridized carbons (Fsp3) is 0.909. The molecule has 1 N–H and O–H groups in total. The lowest BCUT2D eigenvalue weighted by molar-refractivity contribution is -0.156. The molecule has 6 nitrogen and oxygen atoms in total. The zero-order valence-corrected chi connectivity index (χ0v) is 12.2. The third kappa shape index (κ3) is 4.55. The van der Waals surface area contributed by atoms with E-state index >= 15 is 0 Å². The molecule has 0 aromatic carbocycles. The van der Waals surface area contributed by atoms with Gasteiger partial charge in [-0.25, -0.2) is 0 Å². The van der Waals surface area contributed by atoms with Crippen LogP contribution >= 0.6 is 0 Å². The number of nitrogens with zero attached hydrogens (tertiary/aromatic N) is 1. The number of hydrogen-bond donors (Lipinski definition) is 1. The number of ether oxygens (including phenoxy) is 1. The molecule has 0 aromatic heterocycles. The van der Waals surface area contributed by atoms with Gasteiger partial charge in [0.2, 0.25) is 0 Å². The SMILES string of the molecule is C[C@H](NS(=O)(=O)N1CCCC1)C(=O)OC(C)(C)C. The van der Waals surface area contributed by atoms with Gasteiger partial charge in [0.25, 0.3) is 10.2 Å². The van der Waals surface area contributed by atoms with Crippen LogP contribution in [0.5, 0.6) is 0 Å². The molecule has 0 saturated carbocycles. The Bertz CT molecular complexity index is 394. The average molecular weight is 278 g/mol. The largest absolute Gasteiger partial charge is 0.459 e. The van der Waals surface area contributed by atoms with E-state index in [1.54, 1.807) is 20.8 Å². The van der Waals surface area contributed by atoms with Crippen molar-refractivity contribution in [2.24, 2.45) is 0 Å². The molecule has 0 amide bonds. The van der Waals surface area contributed by atoms with Crippen molar-refractivity contribution >= 4 is 16.2 Å². The van der Waals surface area contributed by atoms with Crippen LogP contribution < -0.4 is 4.72 Å². The summed E-state index contributed by atoms with van der Waals surface area (Å²) in [4.78, 5) is 11.7. The quantitative estimate of drug-likeness (QED) is 0.766. The lowest BCUT2D eigenvalue weighted by Crippen LogP contribution is -2.47. The predicted molar refractivity (Wildman–Crippen MR) is 68.2 cm³/mol. The molecule has 0 spiro atoms. The van der Waals surface area contributed by atoms with Gasteiger partial charge in [-0.3, -0.25) is 4.79 Å². The molecule has 18 heavy (non-hydrogen) atoms. The molecule has 1 fully saturated rings. The van der Waals surface area contributed by atoms with Crippen LogP contribution in [0.15, 0.2) is 0 Å². The van der Waals surface area contributed by atoms with E-state index in [0.717, 1.165) is 12.8 Å². The summed E-state index contributed by atoms with van der Waals surface area (Å²) in [7, 11) is -3.58. The normalized spacial score (nSPS) is 19.8. The van der Waals surface area contributed by atoms with Gasteiger partial charge in [0, 0.05) is 13.1 Å². The number of esters is 1. The van der Waals surface area contributed by atoms with E-state index in [2.05, 4.69) is 4.72 Å². The summed E-state index contributed by atoms with van der Waals surface area (Å²) in [6.07, 6.45) is 1.73. The molecule has 0 radical (unpaired) electrons. The van der Waals surface area contributed by atoms with Crippen LogP contribution in [0.3, 0.4) is 0 Å². The van der Waals surface area contributed by atoms with Crippen LogP contribution in [-0.4, -0.2) is 43.4 Å². The lowest BCUT2D eigenvalue weighted by Gasteiger charge is -2.24. The zero-order chi connectivity index (χ0) is 14.0. The maximum absolute atomic E-state index is 11.9. The second kappa shape index (κ2) is 5.54. The smallest absolute Gasteiger partial charge is 0.324 e. The Morgan fingerprint density at radius 3 is 2.22 bits per heavy atom. The van der Waals surface area contributed by atoms with Crippen LogP contribution in [0.2, 0.25) is 0 Å². The van der Waals surface area contributed by atoms with Gasteiger partial charge in [-0.2, -0.15) is 17.4 Å². The fourth-order valence-corrected chi connectivity index (χ4v) is 3.10. The summed E-state index contributed by atoms with van der Waals surface area (Å²) >= 11 is 0. The van der Waals surface area contributed by atoms with Gasteiger partial charge in [-0.05, 0) is 40.5 Å². The molecule has 1 atom stereocenters. The van der Waals surface area contributed by atoms with E-state index in [1.165, 1.54) is 11.2 Å². The van der Waals surface area contributed by atoms with E-state index in [-0.39, 0.29) is 0 Å². The Kier molecular flexibility index (Phi) is 4.74. The molecule has 0 aliphatic carbocycles. The van der Waals surface area contributed by atoms with Gasteiger partial charge >= 0.3 is 5.97 Å². The van der Waals surface area contributed by atoms with Crippen molar-refractivity contribution in [1.29, 1.82) is 0 Å². The maximum atomic E-state index is 11.9. The Labute approximate surface area is 109 Å². The van der Waals surface area contributed by atoms with Crippen molar-refractivity contribution in [3.8, 4) is 0 Å². The fourth-order valence-electron chi connectivity index (χ4n) is 1.66. The van der Waals surface area contributed by atoms with Gasteiger partial charge in [0.1, 0.15) is 11.6 Å². The van der Waals surface area contributed by atoms with Crippen molar-refractivity contribution in [3.63, 3.8) is 0 Å². The highest BCUT2D eigenvalue weighted by atomic mass is 32.2. The summed E-state index contributed by atoms with van der Waals surface area (Å²) in [6.45, 7) is 7.74. The van der Waals surface area contributed by atoms with Crippen LogP contribution in [0.4, 0.5) is 0 Å². The van der Waals surface area contributed by atoms with Crippen molar-refractivity contribution in [1.82, 2.24) is 9.03 Å². The number of rotatable bonds is 4. The number of nitrogens with one attached hydrogen (secondary N) is 1. The summed E-state index contributed by atoms with van der Waals surface area (Å²) < 4.78 is 32.7. The Balaban J connectivity index is 2.58. The van der Waals surface area contributed by atoms with Gasteiger partial charge in [-0.15, -0.1) is 0 Å². The summed E-state index contributed by atoms with van der Waals surface area (Å²) in [6, 6.07) is -0.880. The van der Waals surface area contributed by atoms with Crippen molar-refractivity contribution < 1.29 is 17.9 Å². The summed E-state index contributed by atoms with van der Waals surface area (Å²) in [5.41, 5.74) is -0.621. The molecule has 106 valence electrons. The highest BCUT2D eigenvalue weighted by Crippen LogP contribution is 2.13. The minimum Gasteiger partial charge on any atom is -0.459 e. The average Bonchev–Trinajstić information content (AvgIpc) is 2.66. The van der Waals surface area contributed by atoms with Gasteiger partial charge in [0.05, 0.1) is 0 Å². The van der Waals surface area contributed by atoms with E-state index in [4.69, 9.17) is 4.74 Å². The van der Waals surface area contributed by atoms with Gasteiger partial charge < -0.3 is 4.74 Å². The Morgan fingerprint density at radius 1 is 1.28 bits per heavy atom. The molecule has 0 unspecified atom stereocenters. The first-order chi connectivity index (χ1) is 8.12. The molecule has 1 rings (SSSR count). The Morgan fingerprint density at radius 2 is 1.78 bits per heavy atom. The number of hydrogen-bond acceptors (Lipinski definition) is 4. The zero-order valence-electron chi connectivity index (χ0n) is 11.4. The van der Waals surface area contributed by atoms with E-state index in [0.29, 0.717) is 13.1 Å². The standard InChI is InChI=1S/C11H22N2O4S/c1-9(10(14)17-11(2,3)4)12-18(15,16)13-7-5-6-8-13/h9,12H,5-8H2,1-4H3/t9-/m0/s1. The lowest BCUT2D eigenvalue weighted by atomic mass is 10.2. The van der Waals surface area contributed by atoms with Crippen LogP contribution in [0.1, 0.15) is 40.5 Å². The van der Waals surface area contributed by atoms with Crippen molar-refractivity contribution in [3.05, 3.63) is 0 Å². The highest BCUT2D eigenvalue weighted by molar-refractivity contribution is 7.87. The molecular weight excluding hydrogens is 256 g/mol. The van der Waals surface area contributed by atoms with Crippen molar-refractivity contribution in [2.75, 3.05) is 13.1 Å². The van der Waals surface area contributed by atoms with Crippen molar-refractivity contribution in [2.45, 2.75) is 52.2 Å². The molecule has 1 aliphatic rings. The van der Waals surface area contributed by atoms with Crippen LogP contribution in [-0.2, 0) is 19.7 Å². The Hall–Kier alpha value is -0.660. The maximum Gasteiger partial charge on any atom is 0.324 e. The highest BCUT2D eigenvalue weighted by Gasteiger charge is 2.30.